The Bertz CT molecular complexity index is 783. The third-order valence-corrected chi connectivity index (χ3v) is 5.83. The summed E-state index contributed by atoms with van der Waals surface area (Å²) in [6.45, 7) is 7.31. The van der Waals surface area contributed by atoms with E-state index >= 15 is 0 Å². The van der Waals surface area contributed by atoms with Crippen LogP contribution in [0.2, 0.25) is 0 Å². The maximum absolute atomic E-state index is 11.4. The third-order valence-electron chi connectivity index (χ3n) is 4.18. The Morgan fingerprint density at radius 1 is 1.22 bits per heavy atom. The Balaban J connectivity index is 1.75. The molecule has 27 heavy (non-hydrogen) atoms. The molecule has 2 aromatic rings. The SMILES string of the molecule is CCOC(=O)CCSC(CCCOc1ccc2oc(=O)ccc2c1)C(C)C. The summed E-state index contributed by atoms with van der Waals surface area (Å²) in [6, 6.07) is 8.61. The monoisotopic (exact) mass is 392 g/mol. The summed E-state index contributed by atoms with van der Waals surface area (Å²) >= 11 is 1.83. The van der Waals surface area contributed by atoms with Gasteiger partial charge < -0.3 is 13.9 Å². The molecule has 1 aromatic heterocycles. The molecule has 6 heteroatoms. The van der Waals surface area contributed by atoms with Crippen molar-refractivity contribution in [3.8, 4) is 5.75 Å². The predicted molar refractivity (Wildman–Crippen MR) is 110 cm³/mol. The van der Waals surface area contributed by atoms with E-state index < -0.39 is 0 Å². The zero-order chi connectivity index (χ0) is 19.6. The summed E-state index contributed by atoms with van der Waals surface area (Å²) in [5.74, 6) is 1.98. The van der Waals surface area contributed by atoms with Crippen molar-refractivity contribution in [3.63, 3.8) is 0 Å². The normalized spacial score (nSPS) is 12.3. The van der Waals surface area contributed by atoms with Crippen LogP contribution in [-0.2, 0) is 9.53 Å². The van der Waals surface area contributed by atoms with Gasteiger partial charge in [0, 0.05) is 22.5 Å². The topological polar surface area (TPSA) is 65.7 Å². The van der Waals surface area contributed by atoms with Crippen molar-refractivity contribution in [2.45, 2.75) is 45.3 Å². The Hall–Kier alpha value is -1.95. The van der Waals surface area contributed by atoms with Gasteiger partial charge in [0.2, 0.25) is 0 Å². The van der Waals surface area contributed by atoms with Gasteiger partial charge in [-0.05, 0) is 49.9 Å². The van der Waals surface area contributed by atoms with Crippen LogP contribution in [0, 0.1) is 5.92 Å². The van der Waals surface area contributed by atoms with Crippen LogP contribution in [0.1, 0.15) is 40.0 Å². The summed E-state index contributed by atoms with van der Waals surface area (Å²) in [5, 5.41) is 1.34. The van der Waals surface area contributed by atoms with E-state index in [2.05, 4.69) is 13.8 Å². The number of ether oxygens (including phenoxy) is 2. The van der Waals surface area contributed by atoms with Crippen LogP contribution in [0.15, 0.2) is 39.5 Å². The van der Waals surface area contributed by atoms with Crippen LogP contribution < -0.4 is 10.4 Å². The number of esters is 1. The molecule has 0 amide bonds. The van der Waals surface area contributed by atoms with Crippen LogP contribution in [0.5, 0.6) is 5.75 Å². The van der Waals surface area contributed by atoms with Crippen molar-refractivity contribution < 1.29 is 18.7 Å². The fourth-order valence-corrected chi connectivity index (χ4v) is 4.06. The number of rotatable bonds is 11. The average Bonchev–Trinajstić information content (AvgIpc) is 2.63. The van der Waals surface area contributed by atoms with Gasteiger partial charge in [-0.25, -0.2) is 4.79 Å². The van der Waals surface area contributed by atoms with Crippen molar-refractivity contribution in [1.29, 1.82) is 0 Å². The van der Waals surface area contributed by atoms with Crippen molar-refractivity contribution in [2.24, 2.45) is 5.92 Å². The standard InChI is InChI=1S/C21H28O5S/c1-4-24-20(22)11-13-27-19(15(2)3)6-5-12-25-17-8-9-18-16(14-17)7-10-21(23)26-18/h7-10,14-15,19H,4-6,11-13H2,1-3H3. The molecule has 0 aliphatic heterocycles. The van der Waals surface area contributed by atoms with Crippen molar-refractivity contribution >= 4 is 28.7 Å². The Labute approximate surface area is 164 Å². The first-order valence-electron chi connectivity index (χ1n) is 9.43. The highest BCUT2D eigenvalue weighted by Gasteiger charge is 2.15. The maximum atomic E-state index is 11.4. The quantitative estimate of drug-likeness (QED) is 0.315. The minimum atomic E-state index is -0.351. The lowest BCUT2D eigenvalue weighted by Crippen LogP contribution is -2.15. The average molecular weight is 393 g/mol. The highest BCUT2D eigenvalue weighted by Crippen LogP contribution is 2.25. The number of hydrogen-bond acceptors (Lipinski definition) is 6. The summed E-state index contributed by atoms with van der Waals surface area (Å²) in [4.78, 5) is 22.7. The molecule has 0 saturated heterocycles. The Morgan fingerprint density at radius 2 is 2.04 bits per heavy atom. The molecule has 0 spiro atoms. The first kappa shape index (κ1) is 21.4. The largest absolute Gasteiger partial charge is 0.494 e. The zero-order valence-electron chi connectivity index (χ0n) is 16.2. The maximum Gasteiger partial charge on any atom is 0.336 e. The molecular formula is C21H28O5S. The van der Waals surface area contributed by atoms with Crippen molar-refractivity contribution in [2.75, 3.05) is 19.0 Å². The first-order valence-corrected chi connectivity index (χ1v) is 10.5. The van der Waals surface area contributed by atoms with Gasteiger partial charge >= 0.3 is 11.6 Å². The molecule has 0 radical (unpaired) electrons. The second kappa shape index (κ2) is 11.0. The third kappa shape index (κ3) is 7.29. The fourth-order valence-electron chi connectivity index (χ4n) is 2.75. The number of carbonyl (C=O) groups excluding carboxylic acids is 1. The van der Waals surface area contributed by atoms with E-state index in [0.717, 1.165) is 29.7 Å². The van der Waals surface area contributed by atoms with Crippen LogP contribution in [0.25, 0.3) is 11.0 Å². The lowest BCUT2D eigenvalue weighted by atomic mass is 10.1. The van der Waals surface area contributed by atoms with E-state index in [1.807, 2.05) is 30.8 Å². The number of thioether (sulfide) groups is 1. The van der Waals surface area contributed by atoms with Crippen LogP contribution in [0.4, 0.5) is 0 Å². The zero-order valence-corrected chi connectivity index (χ0v) is 17.1. The summed E-state index contributed by atoms with van der Waals surface area (Å²) in [5.41, 5.74) is 0.212. The van der Waals surface area contributed by atoms with E-state index in [0.29, 0.717) is 36.4 Å². The Kier molecular flexibility index (Phi) is 8.72. The van der Waals surface area contributed by atoms with Gasteiger partial charge in [0.1, 0.15) is 11.3 Å². The van der Waals surface area contributed by atoms with E-state index in [4.69, 9.17) is 13.9 Å². The number of benzene rings is 1. The Morgan fingerprint density at radius 3 is 2.78 bits per heavy atom. The molecule has 0 bridgehead atoms. The van der Waals surface area contributed by atoms with E-state index in [1.165, 1.54) is 6.07 Å². The number of hydrogen-bond donors (Lipinski definition) is 0. The molecule has 0 saturated carbocycles. The van der Waals surface area contributed by atoms with Crippen LogP contribution >= 0.6 is 11.8 Å². The van der Waals surface area contributed by atoms with Crippen molar-refractivity contribution in [3.05, 3.63) is 40.8 Å². The van der Waals surface area contributed by atoms with Crippen LogP contribution in [-0.4, -0.2) is 30.2 Å². The lowest BCUT2D eigenvalue weighted by molar-refractivity contribution is -0.142. The van der Waals surface area contributed by atoms with Gasteiger partial charge in [-0.2, -0.15) is 11.8 Å². The second-order valence-corrected chi connectivity index (χ2v) is 8.00. The van der Waals surface area contributed by atoms with Gasteiger partial charge in [0.05, 0.1) is 19.6 Å². The summed E-state index contributed by atoms with van der Waals surface area (Å²) in [7, 11) is 0. The predicted octanol–water partition coefficient (Wildman–Crippen LogP) is 4.66. The van der Waals surface area contributed by atoms with Gasteiger partial charge in [-0.3, -0.25) is 4.79 Å². The van der Waals surface area contributed by atoms with E-state index in [1.54, 1.807) is 12.1 Å². The number of fused-ring (bicyclic) bond motifs is 1. The van der Waals surface area contributed by atoms with Gasteiger partial charge in [0.15, 0.2) is 0 Å². The van der Waals surface area contributed by atoms with Crippen LogP contribution in [0.3, 0.4) is 0 Å². The molecule has 2 rings (SSSR count). The molecule has 148 valence electrons. The molecule has 0 fully saturated rings. The molecule has 1 atom stereocenters. The number of carbonyl (C=O) groups is 1. The van der Waals surface area contributed by atoms with Gasteiger partial charge in [-0.1, -0.05) is 13.8 Å². The second-order valence-electron chi connectivity index (χ2n) is 6.65. The van der Waals surface area contributed by atoms with E-state index in [-0.39, 0.29) is 11.6 Å². The minimum absolute atomic E-state index is 0.122. The van der Waals surface area contributed by atoms with E-state index in [9.17, 15) is 9.59 Å². The smallest absolute Gasteiger partial charge is 0.336 e. The highest BCUT2D eigenvalue weighted by atomic mass is 32.2. The van der Waals surface area contributed by atoms with Gasteiger partial charge in [-0.15, -0.1) is 0 Å². The summed E-state index contributed by atoms with van der Waals surface area (Å²) in [6.07, 6.45) is 2.44. The lowest BCUT2D eigenvalue weighted by Gasteiger charge is -2.20. The molecular weight excluding hydrogens is 364 g/mol. The molecule has 5 nitrogen and oxygen atoms in total. The fraction of sp³-hybridized carbons (Fsp3) is 0.524. The first-order chi connectivity index (χ1) is 13.0. The van der Waals surface area contributed by atoms with Gasteiger partial charge in [0.25, 0.3) is 0 Å². The highest BCUT2D eigenvalue weighted by molar-refractivity contribution is 7.99. The summed E-state index contributed by atoms with van der Waals surface area (Å²) < 4.78 is 15.9. The molecule has 1 heterocycles. The van der Waals surface area contributed by atoms with Crippen molar-refractivity contribution in [1.82, 2.24) is 0 Å². The minimum Gasteiger partial charge on any atom is -0.494 e. The molecule has 1 unspecified atom stereocenters. The molecule has 1 aromatic carbocycles. The molecule has 0 aliphatic rings. The molecule has 0 N–H and O–H groups in total. The molecule has 0 aliphatic carbocycles.